The van der Waals surface area contributed by atoms with Gasteiger partial charge in [0.1, 0.15) is 12.2 Å². The summed E-state index contributed by atoms with van der Waals surface area (Å²) in [5.74, 6) is -0.979. The number of methoxy groups -OCH3 is 1. The molecule has 116 valence electrons. The van der Waals surface area contributed by atoms with Crippen molar-refractivity contribution in [2.75, 3.05) is 26.8 Å². The Morgan fingerprint density at radius 2 is 1.81 bits per heavy atom. The Balaban J connectivity index is 2.16. The lowest BCUT2D eigenvalue weighted by Crippen LogP contribution is -2.33. The van der Waals surface area contributed by atoms with Gasteiger partial charge in [0, 0.05) is 26.8 Å². The van der Waals surface area contributed by atoms with Crippen molar-refractivity contribution in [2.24, 2.45) is 0 Å². The van der Waals surface area contributed by atoms with Gasteiger partial charge < -0.3 is 15.4 Å². The second-order valence-electron chi connectivity index (χ2n) is 4.56. The number of carbonyl (C=O) groups excluding carboxylic acids is 2. The van der Waals surface area contributed by atoms with E-state index in [1.54, 1.807) is 25.3 Å². The molecule has 2 amide bonds. The lowest BCUT2D eigenvalue weighted by Gasteiger charge is -2.07. The van der Waals surface area contributed by atoms with Gasteiger partial charge in [-0.3, -0.25) is 9.59 Å². The van der Waals surface area contributed by atoms with Gasteiger partial charge in [-0.25, -0.2) is 4.39 Å². The summed E-state index contributed by atoms with van der Waals surface area (Å²) < 4.78 is 18.2. The van der Waals surface area contributed by atoms with Gasteiger partial charge in [0.05, 0.1) is 0 Å². The van der Waals surface area contributed by atoms with Crippen LogP contribution < -0.4 is 10.6 Å². The van der Waals surface area contributed by atoms with Crippen LogP contribution in [0.2, 0.25) is 0 Å². The normalized spacial score (nSPS) is 10.2. The van der Waals surface area contributed by atoms with Crippen LogP contribution in [0.1, 0.15) is 18.4 Å². The molecule has 0 aromatic heterocycles. The molecule has 1 rings (SSSR count). The zero-order valence-corrected chi connectivity index (χ0v) is 12.2. The number of hydrogen-bond donors (Lipinski definition) is 2. The first kappa shape index (κ1) is 17.1. The van der Waals surface area contributed by atoms with E-state index in [1.165, 1.54) is 6.07 Å². The van der Waals surface area contributed by atoms with Gasteiger partial charge in [-0.05, 0) is 24.5 Å². The van der Waals surface area contributed by atoms with Crippen molar-refractivity contribution in [1.29, 1.82) is 0 Å². The van der Waals surface area contributed by atoms with Gasteiger partial charge in [-0.15, -0.1) is 0 Å². The molecule has 0 radical (unpaired) electrons. The van der Waals surface area contributed by atoms with Gasteiger partial charge in [0.25, 0.3) is 0 Å². The number of ether oxygens (including phenoxy) is 1. The van der Waals surface area contributed by atoms with Gasteiger partial charge in [0.15, 0.2) is 0 Å². The third-order valence-electron chi connectivity index (χ3n) is 2.84. The number of nitrogens with one attached hydrogen (secondary N) is 2. The van der Waals surface area contributed by atoms with E-state index in [4.69, 9.17) is 4.74 Å². The highest BCUT2D eigenvalue weighted by atomic mass is 19.1. The molecule has 0 aliphatic carbocycles. The minimum Gasteiger partial charge on any atom is -0.385 e. The summed E-state index contributed by atoms with van der Waals surface area (Å²) in [5, 5.41) is 5.23. The van der Waals surface area contributed by atoms with Crippen LogP contribution in [-0.4, -0.2) is 38.6 Å². The molecular formula is C15H21FN2O3. The first-order valence-electron chi connectivity index (χ1n) is 6.89. The highest BCUT2D eigenvalue weighted by Gasteiger charge is 2.08. The zero-order valence-electron chi connectivity index (χ0n) is 12.2. The summed E-state index contributed by atoms with van der Waals surface area (Å²) in [4.78, 5) is 23.0. The molecule has 1 aromatic carbocycles. The average molecular weight is 296 g/mol. The fourth-order valence-electron chi connectivity index (χ4n) is 1.75. The molecule has 5 nitrogen and oxygen atoms in total. The minimum absolute atomic E-state index is 0.218. The third kappa shape index (κ3) is 7.41. The zero-order chi connectivity index (χ0) is 15.5. The molecule has 0 saturated heterocycles. The van der Waals surface area contributed by atoms with Crippen molar-refractivity contribution < 1.29 is 18.7 Å². The highest BCUT2D eigenvalue weighted by molar-refractivity contribution is 5.96. The van der Waals surface area contributed by atoms with Crippen LogP contribution in [0.5, 0.6) is 0 Å². The van der Waals surface area contributed by atoms with Crippen molar-refractivity contribution in [3.63, 3.8) is 0 Å². The van der Waals surface area contributed by atoms with E-state index >= 15 is 0 Å². The van der Waals surface area contributed by atoms with Crippen LogP contribution in [0.3, 0.4) is 0 Å². The third-order valence-corrected chi connectivity index (χ3v) is 2.84. The first-order valence-corrected chi connectivity index (χ1v) is 6.89. The summed E-state index contributed by atoms with van der Waals surface area (Å²) in [5.41, 5.74) is 0.543. The first-order chi connectivity index (χ1) is 10.1. The number of carbonyl (C=O) groups is 2. The molecule has 0 heterocycles. The summed E-state index contributed by atoms with van der Waals surface area (Å²) >= 11 is 0. The largest absolute Gasteiger partial charge is 0.385 e. The fraction of sp³-hybridized carbons (Fsp3) is 0.467. The summed E-state index contributed by atoms with van der Waals surface area (Å²) in [6.45, 7) is 1.35. The van der Waals surface area contributed by atoms with Crippen molar-refractivity contribution in [3.05, 3.63) is 35.6 Å². The molecule has 0 unspecified atom stereocenters. The summed E-state index contributed by atoms with van der Waals surface area (Å²) in [7, 11) is 1.59. The van der Waals surface area contributed by atoms with Crippen LogP contribution >= 0.6 is 0 Å². The van der Waals surface area contributed by atoms with Crippen molar-refractivity contribution in [1.82, 2.24) is 10.6 Å². The molecule has 1 aromatic rings. The van der Waals surface area contributed by atoms with Gasteiger partial charge in [-0.1, -0.05) is 18.2 Å². The summed E-state index contributed by atoms with van der Waals surface area (Å²) in [6, 6.07) is 6.41. The molecule has 6 heteroatoms. The molecule has 2 N–H and O–H groups in total. The molecule has 0 saturated carbocycles. The van der Waals surface area contributed by atoms with Crippen LogP contribution in [0, 0.1) is 5.82 Å². The van der Waals surface area contributed by atoms with Gasteiger partial charge >= 0.3 is 0 Å². The van der Waals surface area contributed by atoms with Crippen molar-refractivity contribution in [3.8, 4) is 0 Å². The Bertz CT molecular complexity index is 466. The number of hydrogen-bond acceptors (Lipinski definition) is 3. The number of benzene rings is 1. The topological polar surface area (TPSA) is 67.4 Å². The van der Waals surface area contributed by atoms with E-state index in [-0.39, 0.29) is 24.1 Å². The molecule has 0 fully saturated rings. The quantitative estimate of drug-likeness (QED) is 0.528. The van der Waals surface area contributed by atoms with Gasteiger partial charge in [-0.2, -0.15) is 0 Å². The molecular weight excluding hydrogens is 275 g/mol. The van der Waals surface area contributed by atoms with Crippen LogP contribution in [-0.2, 0) is 20.7 Å². The van der Waals surface area contributed by atoms with Crippen molar-refractivity contribution >= 4 is 11.8 Å². The smallest absolute Gasteiger partial charge is 0.229 e. The highest BCUT2D eigenvalue weighted by Crippen LogP contribution is 2.06. The average Bonchev–Trinajstić information content (AvgIpc) is 2.45. The maximum absolute atomic E-state index is 13.3. The lowest BCUT2D eigenvalue weighted by molar-refractivity contribution is -0.129. The number of halogens is 1. The monoisotopic (exact) mass is 296 g/mol. The SMILES string of the molecule is COCCCNC(=O)CC(=O)NCCc1ccccc1F. The Labute approximate surface area is 123 Å². The lowest BCUT2D eigenvalue weighted by atomic mass is 10.1. The predicted octanol–water partition coefficient (Wildman–Crippen LogP) is 1.03. The maximum Gasteiger partial charge on any atom is 0.229 e. The Hall–Kier alpha value is -1.95. The Kier molecular flexibility index (Phi) is 8.04. The fourth-order valence-corrected chi connectivity index (χ4v) is 1.75. The second-order valence-corrected chi connectivity index (χ2v) is 4.56. The molecule has 0 atom stereocenters. The second kappa shape index (κ2) is 9.88. The van der Waals surface area contributed by atoms with Crippen molar-refractivity contribution in [2.45, 2.75) is 19.3 Å². The van der Waals surface area contributed by atoms with E-state index in [0.29, 0.717) is 38.1 Å². The van der Waals surface area contributed by atoms with E-state index in [9.17, 15) is 14.0 Å². The van der Waals surface area contributed by atoms with E-state index < -0.39 is 0 Å². The standard InChI is InChI=1S/C15H21FN2O3/c1-21-10-4-8-17-14(19)11-15(20)18-9-7-12-5-2-3-6-13(12)16/h2-3,5-6H,4,7-11H2,1H3,(H,17,19)(H,18,20). The molecule has 0 bridgehead atoms. The van der Waals surface area contributed by atoms with E-state index in [2.05, 4.69) is 10.6 Å². The Morgan fingerprint density at radius 1 is 1.14 bits per heavy atom. The van der Waals surface area contributed by atoms with Crippen LogP contribution in [0.15, 0.2) is 24.3 Å². The molecule has 0 aliphatic heterocycles. The molecule has 21 heavy (non-hydrogen) atoms. The number of rotatable bonds is 9. The molecule has 0 spiro atoms. The number of amides is 2. The maximum atomic E-state index is 13.3. The van der Waals surface area contributed by atoms with E-state index in [1.807, 2.05) is 0 Å². The predicted molar refractivity (Wildman–Crippen MR) is 77.2 cm³/mol. The Morgan fingerprint density at radius 3 is 2.48 bits per heavy atom. The molecule has 0 aliphatic rings. The summed E-state index contributed by atoms with van der Waals surface area (Å²) in [6.07, 6.45) is 0.884. The van der Waals surface area contributed by atoms with Crippen LogP contribution in [0.25, 0.3) is 0 Å². The minimum atomic E-state index is -0.365. The van der Waals surface area contributed by atoms with E-state index in [0.717, 1.165) is 0 Å². The van der Waals surface area contributed by atoms with Gasteiger partial charge in [0.2, 0.25) is 11.8 Å². The van der Waals surface area contributed by atoms with Crippen LogP contribution in [0.4, 0.5) is 4.39 Å².